The summed E-state index contributed by atoms with van der Waals surface area (Å²) in [4.78, 5) is 125. The molecule has 1 aromatic carbocycles. The number of imide groups is 2. The van der Waals surface area contributed by atoms with E-state index in [0.29, 0.717) is 34.3 Å². The van der Waals surface area contributed by atoms with Crippen molar-refractivity contribution < 1.29 is 62.7 Å². The van der Waals surface area contributed by atoms with E-state index in [2.05, 4.69) is 36.4 Å². The number of rotatable bonds is 13. The number of aliphatic hydroxyl groups excluding tert-OH is 1. The van der Waals surface area contributed by atoms with Crippen LogP contribution in [-0.4, -0.2) is 106 Å². The zero-order valence-electron chi connectivity index (χ0n) is 29.2. The normalized spacial score (nSPS) is 12.6. The van der Waals surface area contributed by atoms with Gasteiger partial charge in [-0.05, 0) is 36.4 Å². The van der Waals surface area contributed by atoms with E-state index in [1.807, 2.05) is 0 Å². The summed E-state index contributed by atoms with van der Waals surface area (Å²) < 4.78 is 2.43. The number of hydroxylamine groups is 4. The van der Waals surface area contributed by atoms with E-state index >= 15 is 0 Å². The number of isocyanates is 2. The van der Waals surface area contributed by atoms with Gasteiger partial charge in [0.1, 0.15) is 12.0 Å². The molecule has 2 aliphatic heterocycles. The highest BCUT2D eigenvalue weighted by Gasteiger charge is 2.33. The molecule has 2 saturated heterocycles. The molecule has 0 unspecified atom stereocenters. The fourth-order valence-electron chi connectivity index (χ4n) is 3.67. The quantitative estimate of drug-likeness (QED) is 0.0493. The molecule has 294 valence electrons. The van der Waals surface area contributed by atoms with Crippen LogP contribution in [-0.2, 0) is 52.8 Å². The second-order valence-electron chi connectivity index (χ2n) is 10.3. The summed E-state index contributed by atoms with van der Waals surface area (Å²) in [5, 5.41) is 16.8. The Hall–Kier alpha value is -6.80. The first-order chi connectivity index (χ1) is 26.9. The third-order valence-corrected chi connectivity index (χ3v) is 8.44. The Bertz CT molecular complexity index is 1780. The average Bonchev–Trinajstić information content (AvgIpc) is 4.02. The van der Waals surface area contributed by atoms with Crippen molar-refractivity contribution in [2.75, 3.05) is 11.5 Å². The molecule has 2 fully saturated rings. The fraction of sp³-hybridized carbons (Fsp3) is 0.273. The molecule has 0 saturated carbocycles. The molecule has 4 amide bonds. The van der Waals surface area contributed by atoms with Crippen molar-refractivity contribution in [3.63, 3.8) is 0 Å². The van der Waals surface area contributed by atoms with Crippen LogP contribution in [0.5, 0.6) is 0 Å². The molecule has 2 aromatic heterocycles. The van der Waals surface area contributed by atoms with E-state index in [0.717, 1.165) is 17.1 Å². The number of amides is 4. The summed E-state index contributed by atoms with van der Waals surface area (Å²) in [6.07, 6.45) is 10.6. The van der Waals surface area contributed by atoms with Crippen LogP contribution in [0.2, 0.25) is 0 Å². The number of aromatic nitrogens is 4. The molecule has 0 bridgehead atoms. The minimum Gasteiger partial charge on any atom is -0.513 e. The molecular formula is C33H32N8O13S2. The molecule has 23 heteroatoms. The summed E-state index contributed by atoms with van der Waals surface area (Å²) in [5.74, 6) is -3.46. The van der Waals surface area contributed by atoms with Crippen molar-refractivity contribution in [2.45, 2.75) is 44.9 Å². The Balaban J connectivity index is 0.000000291. The second-order valence-corrected chi connectivity index (χ2v) is 12.9. The topological polar surface area (TPSA) is 276 Å². The van der Waals surface area contributed by atoms with Crippen molar-refractivity contribution in [1.82, 2.24) is 29.7 Å². The molecule has 5 rings (SSSR count). The van der Waals surface area contributed by atoms with Crippen molar-refractivity contribution in [3.8, 4) is 0 Å². The number of aliphatic hydroxyl groups is 1. The zero-order valence-corrected chi connectivity index (χ0v) is 30.8. The van der Waals surface area contributed by atoms with Crippen LogP contribution < -0.4 is 0 Å². The maximum absolute atomic E-state index is 11.5. The van der Waals surface area contributed by atoms with E-state index in [1.165, 1.54) is 32.3 Å². The van der Waals surface area contributed by atoms with E-state index in [1.54, 1.807) is 61.2 Å². The summed E-state index contributed by atoms with van der Waals surface area (Å²) in [7, 11) is 2.24. The van der Waals surface area contributed by atoms with E-state index < -0.39 is 35.6 Å². The number of nitrogens with zero attached hydrogens (tertiary/aromatic N) is 8. The fourth-order valence-corrected chi connectivity index (χ4v) is 5.41. The largest absolute Gasteiger partial charge is 0.513 e. The molecular weight excluding hydrogens is 781 g/mol. The molecule has 3 aromatic rings. The highest BCUT2D eigenvalue weighted by Crippen LogP contribution is 2.23. The van der Waals surface area contributed by atoms with Gasteiger partial charge >= 0.3 is 18.0 Å². The Morgan fingerprint density at radius 2 is 1.21 bits per heavy atom. The summed E-state index contributed by atoms with van der Waals surface area (Å²) in [5.41, 5.74) is 0.963. The molecule has 0 spiro atoms. The molecule has 21 nitrogen and oxygen atoms in total. The van der Waals surface area contributed by atoms with E-state index in [9.17, 15) is 47.9 Å². The van der Waals surface area contributed by atoms with Crippen molar-refractivity contribution >= 4 is 93.0 Å². The van der Waals surface area contributed by atoms with Crippen molar-refractivity contribution in [1.29, 1.82) is 0 Å². The highest BCUT2D eigenvalue weighted by molar-refractivity contribution is 8.76. The van der Waals surface area contributed by atoms with Gasteiger partial charge in [-0.15, -0.1) is 10.1 Å². The number of carbonyl (C=O) groups is 8. The van der Waals surface area contributed by atoms with E-state index in [4.69, 9.17) is 5.11 Å². The standard InChI is InChI=1S/C13H14N2O8S2.C8H4N2O2.C7H6N4O.C5H8O2/c16-8-1-2-9(17)14(8)22-12(20)5-6-24-25-7-13(21)23-15-10(18)3-4-11(15)19;11-5-9-7-1-2-8(4-3-7)10-6-12;12-7(10-5-1-3-8-10)11-6-2-4-9-11;1-5(7)3-2-4-6/h1-7H2;1-4H;1-6H;4,7H,1-3H2. The van der Waals surface area contributed by atoms with Crippen molar-refractivity contribution in [3.05, 3.63) is 73.5 Å². The maximum Gasteiger partial charge on any atom is 0.369 e. The molecule has 2 aliphatic rings. The zero-order chi connectivity index (χ0) is 41.3. The van der Waals surface area contributed by atoms with Crippen molar-refractivity contribution in [2.24, 2.45) is 9.98 Å². The van der Waals surface area contributed by atoms with Crippen LogP contribution in [0.25, 0.3) is 0 Å². The summed E-state index contributed by atoms with van der Waals surface area (Å²) >= 11 is 0. The van der Waals surface area contributed by atoms with Gasteiger partial charge in [0.15, 0.2) is 0 Å². The SMILES string of the molecule is C=C(O)CCC=O.O=C(CCSSCC(=O)ON1C(=O)CCC1=O)ON1C(=O)CCC1=O.O=C(n1cccn1)n1cccn1.O=C=Nc1ccc(N=C=O)cc1. The van der Waals surface area contributed by atoms with Gasteiger partial charge in [-0.1, -0.05) is 28.2 Å². The lowest BCUT2D eigenvalue weighted by molar-refractivity contribution is -0.197. The summed E-state index contributed by atoms with van der Waals surface area (Å²) in [6.45, 7) is 3.19. The minimum atomic E-state index is -0.753. The van der Waals surface area contributed by atoms with Gasteiger partial charge in [-0.25, -0.2) is 24.0 Å². The van der Waals surface area contributed by atoms with Crippen LogP contribution in [0.1, 0.15) is 44.9 Å². The lowest BCUT2D eigenvalue weighted by atomic mass is 10.3. The molecule has 0 atom stereocenters. The third-order valence-electron chi connectivity index (χ3n) is 6.20. The third kappa shape index (κ3) is 16.9. The number of aliphatic imine (C=N–C) groups is 2. The molecule has 1 N–H and O–H groups in total. The summed E-state index contributed by atoms with van der Waals surface area (Å²) in [6, 6.07) is 9.30. The van der Waals surface area contributed by atoms with Gasteiger partial charge in [-0.3, -0.25) is 19.2 Å². The average molecular weight is 813 g/mol. The van der Waals surface area contributed by atoms with Crippen LogP contribution in [0, 0.1) is 0 Å². The van der Waals surface area contributed by atoms with Gasteiger partial charge in [-0.2, -0.15) is 29.5 Å². The van der Waals surface area contributed by atoms with Crippen LogP contribution in [0.3, 0.4) is 0 Å². The maximum atomic E-state index is 11.5. The first kappa shape index (κ1) is 45.4. The predicted molar refractivity (Wildman–Crippen MR) is 194 cm³/mol. The lowest BCUT2D eigenvalue weighted by Crippen LogP contribution is -2.32. The Morgan fingerprint density at radius 3 is 1.57 bits per heavy atom. The number of benzene rings is 1. The van der Waals surface area contributed by atoms with Gasteiger partial charge in [0.25, 0.3) is 23.6 Å². The number of hydrogen-bond acceptors (Lipinski definition) is 19. The molecule has 0 aliphatic carbocycles. The van der Waals surface area contributed by atoms with Gasteiger partial charge in [0.2, 0.25) is 12.2 Å². The van der Waals surface area contributed by atoms with Crippen LogP contribution in [0.4, 0.5) is 16.2 Å². The van der Waals surface area contributed by atoms with Gasteiger partial charge in [0.05, 0.1) is 23.6 Å². The molecule has 0 radical (unpaired) electrons. The van der Waals surface area contributed by atoms with E-state index in [-0.39, 0.29) is 55.4 Å². The Kier molecular flexibility index (Phi) is 20.5. The Morgan fingerprint density at radius 1 is 0.768 bits per heavy atom. The number of hydrogen-bond donors (Lipinski definition) is 1. The number of allylic oxidation sites excluding steroid dienone is 1. The number of aldehydes is 1. The van der Waals surface area contributed by atoms with Gasteiger partial charge < -0.3 is 19.6 Å². The van der Waals surface area contributed by atoms with Crippen LogP contribution >= 0.6 is 21.6 Å². The minimum absolute atomic E-state index is 0.0259. The first-order valence-corrected chi connectivity index (χ1v) is 18.4. The smallest absolute Gasteiger partial charge is 0.369 e. The Labute approximate surface area is 324 Å². The molecule has 56 heavy (non-hydrogen) atoms. The second kappa shape index (κ2) is 25.3. The number of carbonyl (C=O) groups excluding carboxylic acids is 10. The molecule has 4 heterocycles. The monoisotopic (exact) mass is 812 g/mol. The first-order valence-electron chi connectivity index (χ1n) is 15.9. The lowest BCUT2D eigenvalue weighted by Gasteiger charge is -2.12. The highest BCUT2D eigenvalue weighted by atomic mass is 33.1. The predicted octanol–water partition coefficient (Wildman–Crippen LogP) is 3.23. The van der Waals surface area contributed by atoms with Gasteiger partial charge in [0, 0.05) is 69.1 Å². The van der Waals surface area contributed by atoms with Crippen LogP contribution in [0.15, 0.2) is 83.5 Å².